The number of anilines is 1. The number of H-pyrrole nitrogens is 1. The highest BCUT2D eigenvalue weighted by molar-refractivity contribution is 6.33. The lowest BCUT2D eigenvalue weighted by atomic mass is 10.0. The average molecular weight is 276 g/mol. The van der Waals surface area contributed by atoms with Crippen LogP contribution in [0.4, 0.5) is 5.69 Å². The van der Waals surface area contributed by atoms with E-state index < -0.39 is 0 Å². The first-order valence-corrected chi connectivity index (χ1v) is 7.10. The van der Waals surface area contributed by atoms with Crippen molar-refractivity contribution in [3.63, 3.8) is 0 Å². The van der Waals surface area contributed by atoms with Gasteiger partial charge in [-0.3, -0.25) is 5.10 Å². The summed E-state index contributed by atoms with van der Waals surface area (Å²) in [6, 6.07) is 6.88. The summed E-state index contributed by atoms with van der Waals surface area (Å²) in [5.41, 5.74) is 3.27. The van der Waals surface area contributed by atoms with E-state index in [-0.39, 0.29) is 0 Å². The predicted octanol–water partition coefficient (Wildman–Crippen LogP) is 3.96. The van der Waals surface area contributed by atoms with Gasteiger partial charge in [-0.15, -0.1) is 0 Å². The Morgan fingerprint density at radius 3 is 2.79 bits per heavy atom. The molecule has 1 aliphatic rings. The molecule has 4 heteroatoms. The number of aromatic amines is 1. The van der Waals surface area contributed by atoms with E-state index in [1.807, 2.05) is 6.20 Å². The zero-order valence-corrected chi connectivity index (χ0v) is 12.0. The van der Waals surface area contributed by atoms with Crippen LogP contribution in [0.5, 0.6) is 0 Å². The predicted molar refractivity (Wildman–Crippen MR) is 79.6 cm³/mol. The lowest BCUT2D eigenvalue weighted by molar-refractivity contribution is 0.546. The molecule has 3 nitrogen and oxygen atoms in total. The van der Waals surface area contributed by atoms with Gasteiger partial charge in [-0.1, -0.05) is 24.6 Å². The van der Waals surface area contributed by atoms with Crippen molar-refractivity contribution in [2.45, 2.75) is 26.3 Å². The third-order valence-electron chi connectivity index (χ3n) is 4.23. The summed E-state index contributed by atoms with van der Waals surface area (Å²) < 4.78 is 0. The third kappa shape index (κ3) is 2.23. The zero-order valence-electron chi connectivity index (χ0n) is 11.2. The molecule has 0 saturated carbocycles. The van der Waals surface area contributed by atoms with Crippen LogP contribution in [-0.4, -0.2) is 22.8 Å². The van der Waals surface area contributed by atoms with Crippen LogP contribution in [0.2, 0.25) is 5.02 Å². The van der Waals surface area contributed by atoms with Gasteiger partial charge in [0.15, 0.2) is 0 Å². The minimum absolute atomic E-state index is 0.579. The highest BCUT2D eigenvalue weighted by Gasteiger charge is 2.27. The molecule has 2 heterocycles. The third-order valence-corrected chi connectivity index (χ3v) is 4.55. The zero-order chi connectivity index (χ0) is 13.4. The van der Waals surface area contributed by atoms with E-state index in [4.69, 9.17) is 11.6 Å². The normalized spacial score (nSPS) is 23.0. The molecule has 19 heavy (non-hydrogen) atoms. The van der Waals surface area contributed by atoms with Gasteiger partial charge in [-0.2, -0.15) is 5.10 Å². The first kappa shape index (κ1) is 12.5. The lowest BCUT2D eigenvalue weighted by Crippen LogP contribution is -2.28. The SMILES string of the molecule is CC1CCN(c2ccc(-c3cn[nH]c3)c(Cl)c2)[C@H]1C. The molecule has 100 valence electrons. The molecule has 1 fully saturated rings. The Labute approximate surface area is 118 Å². The first-order valence-electron chi connectivity index (χ1n) is 6.72. The molecule has 0 aliphatic carbocycles. The van der Waals surface area contributed by atoms with Crippen LogP contribution in [-0.2, 0) is 0 Å². The number of aromatic nitrogens is 2. The Bertz CT molecular complexity index is 565. The molecule has 1 aliphatic heterocycles. The summed E-state index contributed by atoms with van der Waals surface area (Å²) in [5.74, 6) is 0.743. The lowest BCUT2D eigenvalue weighted by Gasteiger charge is -2.26. The summed E-state index contributed by atoms with van der Waals surface area (Å²) >= 11 is 6.42. The largest absolute Gasteiger partial charge is 0.369 e. The topological polar surface area (TPSA) is 31.9 Å². The quantitative estimate of drug-likeness (QED) is 0.899. The average Bonchev–Trinajstić information content (AvgIpc) is 3.01. The molecule has 2 aromatic rings. The fourth-order valence-corrected chi connectivity index (χ4v) is 3.06. The monoisotopic (exact) mass is 275 g/mol. The van der Waals surface area contributed by atoms with Crippen molar-refractivity contribution in [2.75, 3.05) is 11.4 Å². The Balaban J connectivity index is 1.92. The highest BCUT2D eigenvalue weighted by Crippen LogP contribution is 2.35. The standard InChI is InChI=1S/C15H18ClN3/c1-10-5-6-19(11(10)2)13-3-4-14(15(16)7-13)12-8-17-18-9-12/h3-4,7-11H,5-6H2,1-2H3,(H,17,18)/t10?,11-/m0/s1. The van der Waals surface area contributed by atoms with Gasteiger partial charge in [-0.25, -0.2) is 0 Å². The van der Waals surface area contributed by atoms with E-state index in [2.05, 4.69) is 47.1 Å². The second-order valence-electron chi connectivity index (χ2n) is 5.35. The molecular formula is C15H18ClN3. The molecule has 1 unspecified atom stereocenters. The van der Waals surface area contributed by atoms with Gasteiger partial charge in [0.2, 0.25) is 0 Å². The minimum Gasteiger partial charge on any atom is -0.369 e. The van der Waals surface area contributed by atoms with Crippen LogP contribution in [0.3, 0.4) is 0 Å². The Hall–Kier alpha value is -1.48. The number of rotatable bonds is 2. The number of halogens is 1. The molecule has 0 radical (unpaired) electrons. The molecule has 1 aromatic heterocycles. The maximum atomic E-state index is 6.42. The van der Waals surface area contributed by atoms with Crippen molar-refractivity contribution in [2.24, 2.45) is 5.92 Å². The Morgan fingerprint density at radius 1 is 1.37 bits per heavy atom. The first-order chi connectivity index (χ1) is 9.16. The molecule has 3 rings (SSSR count). The van der Waals surface area contributed by atoms with E-state index in [1.165, 1.54) is 12.1 Å². The maximum absolute atomic E-state index is 6.42. The van der Waals surface area contributed by atoms with E-state index in [1.54, 1.807) is 6.20 Å². The van der Waals surface area contributed by atoms with Crippen LogP contribution in [0.15, 0.2) is 30.6 Å². The smallest absolute Gasteiger partial charge is 0.0566 e. The number of hydrogen-bond acceptors (Lipinski definition) is 2. The molecule has 0 bridgehead atoms. The van der Waals surface area contributed by atoms with Crippen LogP contribution in [0, 0.1) is 5.92 Å². The van der Waals surface area contributed by atoms with Crippen molar-refractivity contribution in [3.05, 3.63) is 35.6 Å². The highest BCUT2D eigenvalue weighted by atomic mass is 35.5. The van der Waals surface area contributed by atoms with E-state index >= 15 is 0 Å². The molecule has 1 N–H and O–H groups in total. The maximum Gasteiger partial charge on any atom is 0.0566 e. The minimum atomic E-state index is 0.579. The van der Waals surface area contributed by atoms with Gasteiger partial charge >= 0.3 is 0 Å². The summed E-state index contributed by atoms with van der Waals surface area (Å²) in [6.07, 6.45) is 4.91. The van der Waals surface area contributed by atoms with E-state index in [0.29, 0.717) is 6.04 Å². The van der Waals surface area contributed by atoms with Gasteiger partial charge in [0.25, 0.3) is 0 Å². The van der Waals surface area contributed by atoms with Crippen LogP contribution in [0.1, 0.15) is 20.3 Å². The fraction of sp³-hybridized carbons (Fsp3) is 0.400. The van der Waals surface area contributed by atoms with Gasteiger partial charge in [0, 0.05) is 35.6 Å². The summed E-state index contributed by atoms with van der Waals surface area (Å²) in [5, 5.41) is 7.57. The number of hydrogen-bond donors (Lipinski definition) is 1. The molecule has 2 atom stereocenters. The molecule has 1 aromatic carbocycles. The van der Waals surface area contributed by atoms with Crippen LogP contribution in [0.25, 0.3) is 11.1 Å². The van der Waals surface area contributed by atoms with Crippen molar-refractivity contribution in [1.82, 2.24) is 10.2 Å². The number of nitrogens with zero attached hydrogens (tertiary/aromatic N) is 2. The van der Waals surface area contributed by atoms with Crippen LogP contribution < -0.4 is 4.90 Å². The molecule has 0 amide bonds. The fourth-order valence-electron chi connectivity index (χ4n) is 2.77. The Morgan fingerprint density at radius 2 is 2.21 bits per heavy atom. The van der Waals surface area contributed by atoms with Crippen molar-refractivity contribution in [1.29, 1.82) is 0 Å². The summed E-state index contributed by atoms with van der Waals surface area (Å²) in [4.78, 5) is 2.44. The summed E-state index contributed by atoms with van der Waals surface area (Å²) in [7, 11) is 0. The van der Waals surface area contributed by atoms with Crippen LogP contribution >= 0.6 is 11.6 Å². The Kier molecular flexibility index (Phi) is 3.23. The number of nitrogens with one attached hydrogen (secondary N) is 1. The van der Waals surface area contributed by atoms with Crippen molar-refractivity contribution in [3.8, 4) is 11.1 Å². The molecule has 1 saturated heterocycles. The van der Waals surface area contributed by atoms with E-state index in [9.17, 15) is 0 Å². The van der Waals surface area contributed by atoms with Gasteiger partial charge in [0.1, 0.15) is 0 Å². The van der Waals surface area contributed by atoms with Gasteiger partial charge in [0.05, 0.1) is 11.2 Å². The second-order valence-corrected chi connectivity index (χ2v) is 5.76. The second kappa shape index (κ2) is 4.89. The van der Waals surface area contributed by atoms with E-state index in [0.717, 1.165) is 28.6 Å². The summed E-state index contributed by atoms with van der Waals surface area (Å²) in [6.45, 7) is 5.71. The molecule has 0 spiro atoms. The van der Waals surface area contributed by atoms with Gasteiger partial charge < -0.3 is 4.90 Å². The van der Waals surface area contributed by atoms with Crippen molar-refractivity contribution >= 4 is 17.3 Å². The molecular weight excluding hydrogens is 258 g/mol. The van der Waals surface area contributed by atoms with Crippen molar-refractivity contribution < 1.29 is 0 Å². The van der Waals surface area contributed by atoms with Gasteiger partial charge in [-0.05, 0) is 31.4 Å². The number of benzene rings is 1.